The van der Waals surface area contributed by atoms with E-state index in [1.807, 2.05) is 0 Å². The van der Waals surface area contributed by atoms with Crippen molar-refractivity contribution in [1.82, 2.24) is 19.9 Å². The van der Waals surface area contributed by atoms with Gasteiger partial charge in [-0.1, -0.05) is 0 Å². The number of aromatic amines is 1. The van der Waals surface area contributed by atoms with Crippen LogP contribution < -0.4 is 16.8 Å². The first-order valence-corrected chi connectivity index (χ1v) is 3.49. The summed E-state index contributed by atoms with van der Waals surface area (Å²) >= 11 is 0. The maximum Gasteiger partial charge on any atom is 0.280 e. The average molecular weight is 196 g/mol. The van der Waals surface area contributed by atoms with Gasteiger partial charge in [0.05, 0.1) is 0 Å². The fourth-order valence-corrected chi connectivity index (χ4v) is 0.942. The standard InChI is InChI=1S/C6H6N6O.H2O/c7-12-6-10-4-3(5(13)11-6)8-1-2-9-4;/h1-2H,7H2,(H2,9,10,11,12,13);1H2. The highest BCUT2D eigenvalue weighted by Crippen LogP contribution is 1.99. The highest BCUT2D eigenvalue weighted by atomic mass is 16.1. The Labute approximate surface area is 77.5 Å². The van der Waals surface area contributed by atoms with E-state index >= 15 is 0 Å². The van der Waals surface area contributed by atoms with Gasteiger partial charge in [0.1, 0.15) is 0 Å². The van der Waals surface area contributed by atoms with Gasteiger partial charge in [0.15, 0.2) is 11.2 Å². The van der Waals surface area contributed by atoms with E-state index < -0.39 is 0 Å². The van der Waals surface area contributed by atoms with Crippen LogP contribution in [0.25, 0.3) is 11.2 Å². The molecule has 2 rings (SSSR count). The van der Waals surface area contributed by atoms with Gasteiger partial charge in [-0.3, -0.25) is 15.2 Å². The average Bonchev–Trinajstić information content (AvgIpc) is 2.18. The third-order valence-corrected chi connectivity index (χ3v) is 1.48. The maximum atomic E-state index is 11.3. The summed E-state index contributed by atoms with van der Waals surface area (Å²) in [7, 11) is 0. The van der Waals surface area contributed by atoms with Crippen LogP contribution in [0.2, 0.25) is 0 Å². The fourth-order valence-electron chi connectivity index (χ4n) is 0.942. The number of nitrogens with one attached hydrogen (secondary N) is 2. The molecular formula is C6H8N6O2. The molecule has 0 amide bonds. The third-order valence-electron chi connectivity index (χ3n) is 1.48. The van der Waals surface area contributed by atoms with Crippen LogP contribution in [0, 0.1) is 0 Å². The summed E-state index contributed by atoms with van der Waals surface area (Å²) in [6.07, 6.45) is 2.88. The van der Waals surface area contributed by atoms with E-state index in [0.717, 1.165) is 0 Å². The van der Waals surface area contributed by atoms with Crippen molar-refractivity contribution in [3.8, 4) is 0 Å². The molecule has 0 atom stereocenters. The number of fused-ring (bicyclic) bond motifs is 1. The van der Waals surface area contributed by atoms with Crippen LogP contribution in [-0.2, 0) is 0 Å². The van der Waals surface area contributed by atoms with Gasteiger partial charge in [-0.2, -0.15) is 4.98 Å². The molecule has 0 unspecified atom stereocenters. The van der Waals surface area contributed by atoms with Crippen LogP contribution in [0.3, 0.4) is 0 Å². The highest BCUT2D eigenvalue weighted by Gasteiger charge is 2.03. The molecule has 0 fully saturated rings. The monoisotopic (exact) mass is 196 g/mol. The van der Waals surface area contributed by atoms with E-state index in [2.05, 4.69) is 25.4 Å². The molecule has 74 valence electrons. The number of hydrazine groups is 1. The number of hydrogen-bond acceptors (Lipinski definition) is 6. The summed E-state index contributed by atoms with van der Waals surface area (Å²) in [5, 5.41) is 0. The second kappa shape index (κ2) is 3.77. The number of anilines is 1. The molecule has 0 aromatic carbocycles. The summed E-state index contributed by atoms with van der Waals surface area (Å²) in [6, 6.07) is 0. The lowest BCUT2D eigenvalue weighted by Gasteiger charge is -1.98. The lowest BCUT2D eigenvalue weighted by molar-refractivity contribution is 0.824. The number of rotatable bonds is 1. The topological polar surface area (TPSA) is 141 Å². The predicted molar refractivity (Wildman–Crippen MR) is 49.4 cm³/mol. The molecule has 0 bridgehead atoms. The van der Waals surface area contributed by atoms with Crippen molar-refractivity contribution in [2.24, 2.45) is 5.84 Å². The van der Waals surface area contributed by atoms with Gasteiger partial charge >= 0.3 is 0 Å². The first-order chi connectivity index (χ1) is 6.31. The number of nitrogens with two attached hydrogens (primary N) is 1. The molecular weight excluding hydrogens is 188 g/mol. The molecule has 2 aromatic rings. The third kappa shape index (κ3) is 1.51. The van der Waals surface area contributed by atoms with Crippen molar-refractivity contribution in [1.29, 1.82) is 0 Å². The van der Waals surface area contributed by atoms with E-state index in [1.54, 1.807) is 0 Å². The molecule has 6 N–H and O–H groups in total. The van der Waals surface area contributed by atoms with Crippen LogP contribution >= 0.6 is 0 Å². The summed E-state index contributed by atoms with van der Waals surface area (Å²) in [4.78, 5) is 25.2. The van der Waals surface area contributed by atoms with E-state index in [4.69, 9.17) is 5.84 Å². The van der Waals surface area contributed by atoms with E-state index in [1.165, 1.54) is 12.4 Å². The smallest absolute Gasteiger partial charge is 0.280 e. The first-order valence-electron chi connectivity index (χ1n) is 3.49. The van der Waals surface area contributed by atoms with Crippen molar-refractivity contribution in [2.45, 2.75) is 0 Å². The van der Waals surface area contributed by atoms with Gasteiger partial charge in [0.25, 0.3) is 5.56 Å². The molecule has 0 aliphatic carbocycles. The van der Waals surface area contributed by atoms with E-state index in [-0.39, 0.29) is 28.1 Å². The molecule has 0 saturated carbocycles. The number of H-pyrrole nitrogens is 1. The summed E-state index contributed by atoms with van der Waals surface area (Å²) in [5.74, 6) is 5.24. The molecule has 0 radical (unpaired) electrons. The molecule has 8 heteroatoms. The van der Waals surface area contributed by atoms with Crippen molar-refractivity contribution >= 4 is 17.1 Å². The molecule has 2 heterocycles. The Morgan fingerprint density at radius 3 is 2.79 bits per heavy atom. The molecule has 0 spiro atoms. The van der Waals surface area contributed by atoms with E-state index in [0.29, 0.717) is 0 Å². The molecule has 0 aliphatic rings. The van der Waals surface area contributed by atoms with Crippen LogP contribution in [0.5, 0.6) is 0 Å². The molecule has 14 heavy (non-hydrogen) atoms. The lowest BCUT2D eigenvalue weighted by atomic mass is 10.5. The minimum Gasteiger partial charge on any atom is -0.412 e. The Morgan fingerprint density at radius 2 is 2.07 bits per heavy atom. The van der Waals surface area contributed by atoms with Crippen molar-refractivity contribution in [3.05, 3.63) is 22.7 Å². The first kappa shape index (κ1) is 10.0. The second-order valence-corrected chi connectivity index (χ2v) is 2.29. The van der Waals surface area contributed by atoms with Gasteiger partial charge in [0.2, 0.25) is 5.95 Å². The van der Waals surface area contributed by atoms with Gasteiger partial charge in [0, 0.05) is 12.4 Å². The number of hydrogen-bond donors (Lipinski definition) is 3. The van der Waals surface area contributed by atoms with Crippen LogP contribution in [0.15, 0.2) is 17.2 Å². The SMILES string of the molecule is NNc1nc2nccnc2c(=O)[nH]1.O. The minimum absolute atomic E-state index is 0. The second-order valence-electron chi connectivity index (χ2n) is 2.29. The fraction of sp³-hybridized carbons (Fsp3) is 0. The maximum absolute atomic E-state index is 11.3. The molecule has 0 saturated heterocycles. The van der Waals surface area contributed by atoms with Crippen LogP contribution in [0.1, 0.15) is 0 Å². The minimum atomic E-state index is -0.369. The summed E-state index contributed by atoms with van der Waals surface area (Å²) in [5.41, 5.74) is 2.32. The highest BCUT2D eigenvalue weighted by molar-refractivity contribution is 5.68. The Morgan fingerprint density at radius 1 is 1.36 bits per heavy atom. The predicted octanol–water partition coefficient (Wildman–Crippen LogP) is -1.83. The van der Waals surface area contributed by atoms with Crippen LogP contribution in [-0.4, -0.2) is 25.4 Å². The molecule has 8 nitrogen and oxygen atoms in total. The van der Waals surface area contributed by atoms with E-state index in [9.17, 15) is 4.79 Å². The summed E-state index contributed by atoms with van der Waals surface area (Å²) < 4.78 is 0. The van der Waals surface area contributed by atoms with Gasteiger partial charge in [-0.25, -0.2) is 15.8 Å². The van der Waals surface area contributed by atoms with Crippen molar-refractivity contribution in [2.75, 3.05) is 5.43 Å². The van der Waals surface area contributed by atoms with Gasteiger partial charge in [-0.05, 0) is 0 Å². The summed E-state index contributed by atoms with van der Waals surface area (Å²) in [6.45, 7) is 0. The Balaban J connectivity index is 0.000000980. The molecule has 2 aromatic heterocycles. The normalized spacial score (nSPS) is 9.50. The Bertz CT molecular complexity index is 495. The van der Waals surface area contributed by atoms with Crippen LogP contribution in [0.4, 0.5) is 5.95 Å². The zero-order chi connectivity index (χ0) is 9.26. The van der Waals surface area contributed by atoms with Crippen molar-refractivity contribution in [3.63, 3.8) is 0 Å². The van der Waals surface area contributed by atoms with Crippen molar-refractivity contribution < 1.29 is 5.48 Å². The quantitative estimate of drug-likeness (QED) is 0.362. The van der Waals surface area contributed by atoms with Gasteiger partial charge in [-0.15, -0.1) is 0 Å². The number of nitrogens with zero attached hydrogens (tertiary/aromatic N) is 3. The Hall–Kier alpha value is -2.06. The number of aromatic nitrogens is 4. The Kier molecular flexibility index (Phi) is 2.70. The zero-order valence-electron chi connectivity index (χ0n) is 6.98. The molecule has 0 aliphatic heterocycles. The van der Waals surface area contributed by atoms with Gasteiger partial charge < -0.3 is 5.48 Å². The number of nitrogen functional groups attached to an aromatic ring is 1. The largest absolute Gasteiger partial charge is 0.412 e. The lowest BCUT2D eigenvalue weighted by Crippen LogP contribution is -2.17. The zero-order valence-corrected chi connectivity index (χ0v) is 6.98.